The van der Waals surface area contributed by atoms with Gasteiger partial charge in [0.25, 0.3) is 0 Å². The first-order valence-corrected chi connectivity index (χ1v) is 7.91. The fourth-order valence-corrected chi connectivity index (χ4v) is 2.91. The molecule has 0 amide bonds. The average Bonchev–Trinajstić information content (AvgIpc) is 2.80. The molecule has 0 radical (unpaired) electrons. The quantitative estimate of drug-likeness (QED) is 0.740. The summed E-state index contributed by atoms with van der Waals surface area (Å²) in [6.07, 6.45) is 0. The van der Waals surface area contributed by atoms with Crippen molar-refractivity contribution in [3.63, 3.8) is 0 Å². The van der Waals surface area contributed by atoms with Crippen LogP contribution in [0.25, 0.3) is 11.0 Å². The van der Waals surface area contributed by atoms with Gasteiger partial charge in [-0.15, -0.1) is 11.6 Å². The first-order chi connectivity index (χ1) is 9.58. The zero-order valence-electron chi connectivity index (χ0n) is 12.2. The molecule has 0 saturated carbocycles. The van der Waals surface area contributed by atoms with Gasteiger partial charge in [-0.1, -0.05) is 31.5 Å². The van der Waals surface area contributed by atoms with Crippen LogP contribution in [0, 0.1) is 0 Å². The maximum absolute atomic E-state index is 6.35. The lowest BCUT2D eigenvalue weighted by molar-refractivity contribution is 0.290. The lowest BCUT2D eigenvalue weighted by Gasteiger charge is -2.20. The molecule has 2 rings (SSSR count). The Labute approximate surface area is 130 Å². The zero-order valence-corrected chi connectivity index (χ0v) is 13.7. The minimum atomic E-state index is -0.129. The van der Waals surface area contributed by atoms with Gasteiger partial charge in [-0.3, -0.25) is 0 Å². The monoisotopic (exact) mass is 313 g/mol. The number of benzene rings is 1. The normalized spacial score (nSPS) is 13.3. The van der Waals surface area contributed by atoms with Crippen LogP contribution >= 0.6 is 23.2 Å². The molecule has 1 aromatic carbocycles. The van der Waals surface area contributed by atoms with Gasteiger partial charge in [-0.05, 0) is 32.1 Å². The van der Waals surface area contributed by atoms with Crippen LogP contribution in [0.15, 0.2) is 18.2 Å². The molecule has 0 N–H and O–H groups in total. The highest BCUT2D eigenvalue weighted by Gasteiger charge is 2.17. The number of hydrogen-bond donors (Lipinski definition) is 0. The van der Waals surface area contributed by atoms with E-state index in [4.69, 9.17) is 23.2 Å². The average molecular weight is 314 g/mol. The van der Waals surface area contributed by atoms with E-state index in [0.29, 0.717) is 0 Å². The number of rotatable bonds is 6. The minimum absolute atomic E-state index is 0.129. The van der Waals surface area contributed by atoms with Crippen LogP contribution in [0.1, 0.15) is 32.0 Å². The molecule has 0 aliphatic carbocycles. The van der Waals surface area contributed by atoms with Crippen LogP contribution in [-0.2, 0) is 6.54 Å². The molecule has 0 fully saturated rings. The number of alkyl halides is 1. The van der Waals surface area contributed by atoms with Crippen LogP contribution in [-0.4, -0.2) is 34.1 Å². The fraction of sp³-hybridized carbons (Fsp3) is 0.533. The smallest absolute Gasteiger partial charge is 0.127 e. The van der Waals surface area contributed by atoms with E-state index in [0.717, 1.165) is 48.1 Å². The third kappa shape index (κ3) is 3.11. The van der Waals surface area contributed by atoms with Crippen molar-refractivity contribution in [3.05, 3.63) is 29.0 Å². The molecule has 1 unspecified atom stereocenters. The molecule has 1 aromatic heterocycles. The Hall–Kier alpha value is -0.770. The number of fused-ring (bicyclic) bond motifs is 1. The standard InChI is InChI=1S/C15H21Cl2N3/c1-4-19(5-2)9-10-20-14-12(17)7-6-8-13(14)18-15(20)11(3)16/h6-8,11H,4-5,9-10H2,1-3H3. The molecule has 3 nitrogen and oxygen atoms in total. The first-order valence-electron chi connectivity index (χ1n) is 7.09. The highest BCUT2D eigenvalue weighted by Crippen LogP contribution is 2.29. The van der Waals surface area contributed by atoms with Gasteiger partial charge in [0.1, 0.15) is 5.82 Å². The summed E-state index contributed by atoms with van der Waals surface area (Å²) >= 11 is 12.6. The molecule has 5 heteroatoms. The predicted molar refractivity (Wildman–Crippen MR) is 86.8 cm³/mol. The third-order valence-corrected chi connectivity index (χ3v) is 4.14. The number of imidazole rings is 1. The Bertz CT molecular complexity index is 574. The first kappa shape index (κ1) is 15.6. The van der Waals surface area contributed by atoms with Crippen molar-refractivity contribution in [2.24, 2.45) is 0 Å². The van der Waals surface area contributed by atoms with Gasteiger partial charge in [0.15, 0.2) is 0 Å². The van der Waals surface area contributed by atoms with Gasteiger partial charge in [-0.25, -0.2) is 4.98 Å². The van der Waals surface area contributed by atoms with E-state index in [9.17, 15) is 0 Å². The fourth-order valence-electron chi connectivity index (χ4n) is 2.47. The van der Waals surface area contributed by atoms with Gasteiger partial charge in [0.2, 0.25) is 0 Å². The summed E-state index contributed by atoms with van der Waals surface area (Å²) in [7, 11) is 0. The lowest BCUT2D eigenvalue weighted by atomic mass is 10.3. The molecule has 110 valence electrons. The second-order valence-electron chi connectivity index (χ2n) is 4.87. The lowest BCUT2D eigenvalue weighted by Crippen LogP contribution is -2.27. The maximum atomic E-state index is 6.35. The van der Waals surface area contributed by atoms with Crippen LogP contribution in [0.3, 0.4) is 0 Å². The van der Waals surface area contributed by atoms with Crippen molar-refractivity contribution < 1.29 is 0 Å². The Morgan fingerprint density at radius 2 is 2.00 bits per heavy atom. The highest BCUT2D eigenvalue weighted by atomic mass is 35.5. The topological polar surface area (TPSA) is 21.1 Å². The van der Waals surface area contributed by atoms with E-state index in [-0.39, 0.29) is 5.38 Å². The van der Waals surface area contributed by atoms with E-state index in [1.165, 1.54) is 0 Å². The number of likely N-dealkylation sites (N-methyl/N-ethyl adjacent to an activating group) is 1. The van der Waals surface area contributed by atoms with Gasteiger partial charge < -0.3 is 9.47 Å². The number of para-hydroxylation sites is 1. The summed E-state index contributed by atoms with van der Waals surface area (Å²) in [4.78, 5) is 7.01. The van der Waals surface area contributed by atoms with Crippen LogP contribution < -0.4 is 0 Å². The summed E-state index contributed by atoms with van der Waals surface area (Å²) in [5.74, 6) is 0.891. The molecule has 2 aromatic rings. The van der Waals surface area contributed by atoms with Crippen molar-refractivity contribution in [2.45, 2.75) is 32.7 Å². The molecular weight excluding hydrogens is 293 g/mol. The molecule has 1 heterocycles. The Kier molecular flexibility index (Phi) is 5.30. The second kappa shape index (κ2) is 6.79. The van der Waals surface area contributed by atoms with Crippen LogP contribution in [0.5, 0.6) is 0 Å². The van der Waals surface area contributed by atoms with Gasteiger partial charge in [0, 0.05) is 13.1 Å². The van der Waals surface area contributed by atoms with Crippen molar-refractivity contribution >= 4 is 34.2 Å². The minimum Gasteiger partial charge on any atom is -0.324 e. The third-order valence-electron chi connectivity index (χ3n) is 3.64. The van der Waals surface area contributed by atoms with Crippen LogP contribution in [0.4, 0.5) is 0 Å². The number of halogens is 2. The highest BCUT2D eigenvalue weighted by molar-refractivity contribution is 6.35. The Morgan fingerprint density at radius 3 is 2.60 bits per heavy atom. The van der Waals surface area contributed by atoms with Gasteiger partial charge >= 0.3 is 0 Å². The van der Waals surface area contributed by atoms with Gasteiger partial charge in [0.05, 0.1) is 21.4 Å². The molecule has 0 bridgehead atoms. The summed E-state index contributed by atoms with van der Waals surface area (Å²) in [6, 6.07) is 5.81. The van der Waals surface area contributed by atoms with E-state index >= 15 is 0 Å². The summed E-state index contributed by atoms with van der Waals surface area (Å²) in [5, 5.41) is 0.605. The molecule has 20 heavy (non-hydrogen) atoms. The van der Waals surface area contributed by atoms with E-state index < -0.39 is 0 Å². The number of hydrogen-bond acceptors (Lipinski definition) is 2. The molecule has 1 atom stereocenters. The van der Waals surface area contributed by atoms with Crippen molar-refractivity contribution in [1.29, 1.82) is 0 Å². The summed E-state index contributed by atoms with van der Waals surface area (Å²) in [5.41, 5.74) is 1.91. The summed E-state index contributed by atoms with van der Waals surface area (Å²) < 4.78 is 2.16. The van der Waals surface area contributed by atoms with Crippen molar-refractivity contribution in [2.75, 3.05) is 19.6 Å². The molecule has 0 saturated heterocycles. The Morgan fingerprint density at radius 1 is 1.30 bits per heavy atom. The van der Waals surface area contributed by atoms with Crippen molar-refractivity contribution in [3.8, 4) is 0 Å². The molecule has 0 spiro atoms. The van der Waals surface area contributed by atoms with Gasteiger partial charge in [-0.2, -0.15) is 0 Å². The Balaban J connectivity index is 2.40. The van der Waals surface area contributed by atoms with E-state index in [2.05, 4.69) is 28.3 Å². The zero-order chi connectivity index (χ0) is 14.7. The molecular formula is C15H21Cl2N3. The van der Waals surface area contributed by atoms with Crippen molar-refractivity contribution in [1.82, 2.24) is 14.5 Å². The largest absolute Gasteiger partial charge is 0.324 e. The molecule has 0 aliphatic heterocycles. The van der Waals surface area contributed by atoms with E-state index in [1.54, 1.807) is 0 Å². The number of aromatic nitrogens is 2. The predicted octanol–water partition coefficient (Wildman–Crippen LogP) is 4.33. The SMILES string of the molecule is CCN(CC)CCn1c(C(C)Cl)nc2cccc(Cl)c21. The number of nitrogens with zero attached hydrogens (tertiary/aromatic N) is 3. The van der Waals surface area contributed by atoms with E-state index in [1.807, 2.05) is 25.1 Å². The second-order valence-corrected chi connectivity index (χ2v) is 5.93. The maximum Gasteiger partial charge on any atom is 0.127 e. The van der Waals surface area contributed by atoms with Crippen LogP contribution in [0.2, 0.25) is 5.02 Å². The summed E-state index contributed by atoms with van der Waals surface area (Å²) in [6.45, 7) is 10.2. The molecule has 0 aliphatic rings.